The van der Waals surface area contributed by atoms with Crippen LogP contribution in [0.15, 0.2) is 47.4 Å². The first kappa shape index (κ1) is 25.7. The van der Waals surface area contributed by atoms with Gasteiger partial charge >= 0.3 is 5.97 Å². The first-order chi connectivity index (χ1) is 16.0. The van der Waals surface area contributed by atoms with E-state index in [-0.39, 0.29) is 34.8 Å². The van der Waals surface area contributed by atoms with Crippen molar-refractivity contribution in [2.45, 2.75) is 31.1 Å². The second-order valence-corrected chi connectivity index (χ2v) is 10.7. The normalized spacial score (nSPS) is 14.9. The molecule has 0 aliphatic carbocycles. The number of benzene rings is 2. The Balaban J connectivity index is 1.65. The van der Waals surface area contributed by atoms with E-state index in [4.69, 9.17) is 14.2 Å². The average Bonchev–Trinajstić information content (AvgIpc) is 2.82. The number of anilines is 1. The maximum absolute atomic E-state index is 13.1. The van der Waals surface area contributed by atoms with E-state index in [0.717, 1.165) is 5.56 Å². The van der Waals surface area contributed by atoms with Gasteiger partial charge in [-0.05, 0) is 41.3 Å². The van der Waals surface area contributed by atoms with Crippen LogP contribution >= 0.6 is 0 Å². The molecule has 1 aliphatic rings. The smallest absolute Gasteiger partial charge is 0.338 e. The highest BCUT2D eigenvalue weighted by Gasteiger charge is 2.29. The third-order valence-electron chi connectivity index (χ3n) is 5.36. The number of carbonyl (C=O) groups excluding carboxylic acids is 2. The number of morpholine rings is 1. The summed E-state index contributed by atoms with van der Waals surface area (Å²) in [5, 5.41) is 2.57. The van der Waals surface area contributed by atoms with E-state index in [1.165, 1.54) is 29.6 Å². The zero-order valence-electron chi connectivity index (χ0n) is 19.8. The minimum Gasteiger partial charge on any atom is -0.495 e. The minimum atomic E-state index is -3.85. The van der Waals surface area contributed by atoms with Crippen LogP contribution in [0, 0.1) is 0 Å². The third kappa shape index (κ3) is 6.13. The summed E-state index contributed by atoms with van der Waals surface area (Å²) in [5.41, 5.74) is 1.60. The van der Waals surface area contributed by atoms with Crippen molar-refractivity contribution >= 4 is 27.6 Å². The van der Waals surface area contributed by atoms with Gasteiger partial charge in [0.15, 0.2) is 6.61 Å². The fourth-order valence-electron chi connectivity index (χ4n) is 3.40. The number of methoxy groups -OCH3 is 1. The Hall–Kier alpha value is -2.95. The lowest BCUT2D eigenvalue weighted by molar-refractivity contribution is -0.119. The van der Waals surface area contributed by atoms with Crippen LogP contribution in [-0.2, 0) is 29.7 Å². The number of rotatable bonds is 7. The molecule has 10 heteroatoms. The van der Waals surface area contributed by atoms with Gasteiger partial charge in [-0.2, -0.15) is 4.31 Å². The van der Waals surface area contributed by atoms with Crippen molar-refractivity contribution in [2.24, 2.45) is 0 Å². The molecule has 1 amide bonds. The van der Waals surface area contributed by atoms with E-state index in [9.17, 15) is 18.0 Å². The molecule has 1 saturated heterocycles. The van der Waals surface area contributed by atoms with Crippen LogP contribution in [0.2, 0.25) is 0 Å². The molecule has 1 aliphatic heterocycles. The molecule has 0 saturated carbocycles. The van der Waals surface area contributed by atoms with Crippen molar-refractivity contribution in [3.63, 3.8) is 0 Å². The summed E-state index contributed by atoms with van der Waals surface area (Å²) in [5.74, 6) is -1.06. The molecule has 1 fully saturated rings. The molecule has 2 aromatic rings. The number of hydrogen-bond acceptors (Lipinski definition) is 7. The van der Waals surface area contributed by atoms with Gasteiger partial charge in [-0.1, -0.05) is 32.9 Å². The van der Waals surface area contributed by atoms with Gasteiger partial charge in [-0.15, -0.1) is 0 Å². The lowest BCUT2D eigenvalue weighted by Gasteiger charge is -2.26. The van der Waals surface area contributed by atoms with Crippen LogP contribution in [0.5, 0.6) is 5.75 Å². The number of ether oxygens (including phenoxy) is 3. The predicted molar refractivity (Wildman–Crippen MR) is 127 cm³/mol. The highest BCUT2D eigenvalue weighted by atomic mass is 32.2. The van der Waals surface area contributed by atoms with Gasteiger partial charge in [0.25, 0.3) is 5.91 Å². The molecule has 1 N–H and O–H groups in total. The van der Waals surface area contributed by atoms with Gasteiger partial charge in [0.05, 0.1) is 25.9 Å². The fourth-order valence-corrected chi connectivity index (χ4v) is 4.99. The summed E-state index contributed by atoms with van der Waals surface area (Å²) >= 11 is 0. The first-order valence-electron chi connectivity index (χ1n) is 10.9. The Morgan fingerprint density at radius 1 is 1.06 bits per heavy atom. The van der Waals surface area contributed by atoms with Crippen molar-refractivity contribution in [1.82, 2.24) is 4.31 Å². The first-order valence-corrected chi connectivity index (χ1v) is 12.3. The van der Waals surface area contributed by atoms with Crippen LogP contribution in [0.4, 0.5) is 5.69 Å². The fraction of sp³-hybridized carbons (Fsp3) is 0.417. The van der Waals surface area contributed by atoms with E-state index >= 15 is 0 Å². The van der Waals surface area contributed by atoms with Crippen molar-refractivity contribution < 1.29 is 32.2 Å². The van der Waals surface area contributed by atoms with Crippen molar-refractivity contribution in [3.8, 4) is 5.75 Å². The van der Waals surface area contributed by atoms with Gasteiger partial charge in [0.1, 0.15) is 10.6 Å². The Kier molecular flexibility index (Phi) is 7.96. The molecule has 34 heavy (non-hydrogen) atoms. The lowest BCUT2D eigenvalue weighted by atomic mass is 9.87. The number of nitrogens with one attached hydrogen (secondary N) is 1. The van der Waals surface area contributed by atoms with Gasteiger partial charge in [0.2, 0.25) is 10.0 Å². The molecule has 9 nitrogen and oxygen atoms in total. The van der Waals surface area contributed by atoms with E-state index in [1.54, 1.807) is 12.1 Å². The summed E-state index contributed by atoms with van der Waals surface area (Å²) in [6.07, 6.45) is 0. The zero-order chi connectivity index (χ0) is 24.9. The quantitative estimate of drug-likeness (QED) is 0.594. The molecule has 0 unspecified atom stereocenters. The summed E-state index contributed by atoms with van der Waals surface area (Å²) in [6, 6.07) is 11.3. The van der Waals surface area contributed by atoms with Crippen molar-refractivity contribution in [3.05, 3.63) is 53.6 Å². The molecule has 0 aromatic heterocycles. The Bertz CT molecular complexity index is 1130. The molecule has 0 atom stereocenters. The lowest BCUT2D eigenvalue weighted by Crippen LogP contribution is -2.40. The summed E-state index contributed by atoms with van der Waals surface area (Å²) in [6.45, 7) is 6.77. The van der Waals surface area contributed by atoms with E-state index in [1.807, 2.05) is 12.1 Å². The monoisotopic (exact) mass is 490 g/mol. The maximum atomic E-state index is 13.1. The van der Waals surface area contributed by atoms with E-state index in [0.29, 0.717) is 18.8 Å². The molecular formula is C24H30N2O7S. The van der Waals surface area contributed by atoms with E-state index < -0.39 is 28.5 Å². The number of carbonyl (C=O) groups is 2. The molecular weight excluding hydrogens is 460 g/mol. The number of nitrogens with zero attached hydrogens (tertiary/aromatic N) is 1. The SMILES string of the molecule is COc1ccc(NC(=O)COC(=O)c2ccc(C(C)(C)C)cc2)cc1S(=O)(=O)N1CCOCC1. The highest BCUT2D eigenvalue weighted by Crippen LogP contribution is 2.30. The number of amides is 1. The highest BCUT2D eigenvalue weighted by molar-refractivity contribution is 7.89. The number of esters is 1. The van der Waals surface area contributed by atoms with Gasteiger partial charge in [0, 0.05) is 18.8 Å². The van der Waals surface area contributed by atoms with Crippen LogP contribution in [-0.4, -0.2) is 64.6 Å². The minimum absolute atomic E-state index is 0.0468. The Morgan fingerprint density at radius 3 is 2.29 bits per heavy atom. The van der Waals surface area contributed by atoms with Crippen molar-refractivity contribution in [2.75, 3.05) is 45.3 Å². The van der Waals surface area contributed by atoms with Gasteiger partial charge in [-0.25, -0.2) is 13.2 Å². The molecule has 0 bridgehead atoms. The second-order valence-electron chi connectivity index (χ2n) is 8.83. The molecule has 1 heterocycles. The molecule has 0 radical (unpaired) electrons. The van der Waals surface area contributed by atoms with Crippen LogP contribution in [0.25, 0.3) is 0 Å². The molecule has 3 rings (SSSR count). The summed E-state index contributed by atoms with van der Waals surface area (Å²) < 4.78 is 43.0. The van der Waals surface area contributed by atoms with Gasteiger partial charge in [-0.3, -0.25) is 4.79 Å². The largest absolute Gasteiger partial charge is 0.495 e. The number of sulfonamides is 1. The van der Waals surface area contributed by atoms with Crippen LogP contribution < -0.4 is 10.1 Å². The van der Waals surface area contributed by atoms with E-state index in [2.05, 4.69) is 26.1 Å². The summed E-state index contributed by atoms with van der Waals surface area (Å²) in [7, 11) is -2.47. The third-order valence-corrected chi connectivity index (χ3v) is 7.28. The standard InChI is InChI=1S/C24H30N2O7S/c1-24(2,3)18-7-5-17(6-8-18)23(28)33-16-22(27)25-19-9-10-20(31-4)21(15-19)34(29,30)26-11-13-32-14-12-26/h5-10,15H,11-14,16H2,1-4H3,(H,25,27). The molecule has 184 valence electrons. The molecule has 2 aromatic carbocycles. The van der Waals surface area contributed by atoms with Gasteiger partial charge < -0.3 is 19.5 Å². The van der Waals surface area contributed by atoms with Crippen molar-refractivity contribution in [1.29, 1.82) is 0 Å². The molecule has 0 spiro atoms. The van der Waals surface area contributed by atoms with Crippen LogP contribution in [0.3, 0.4) is 0 Å². The van der Waals surface area contributed by atoms with Crippen LogP contribution in [0.1, 0.15) is 36.7 Å². The Labute approximate surface area is 200 Å². The predicted octanol–water partition coefficient (Wildman–Crippen LogP) is 2.81. The summed E-state index contributed by atoms with van der Waals surface area (Å²) in [4.78, 5) is 24.6. The number of hydrogen-bond donors (Lipinski definition) is 1. The topological polar surface area (TPSA) is 111 Å². The maximum Gasteiger partial charge on any atom is 0.338 e. The average molecular weight is 491 g/mol. The Morgan fingerprint density at radius 2 is 1.71 bits per heavy atom. The second kappa shape index (κ2) is 10.5. The zero-order valence-corrected chi connectivity index (χ0v) is 20.6.